The molecule has 3 N–H and O–H groups in total. The highest BCUT2D eigenvalue weighted by Crippen LogP contribution is 2.15. The molecule has 2 atom stereocenters. The van der Waals surface area contributed by atoms with Crippen LogP contribution < -0.4 is 10.6 Å². The van der Waals surface area contributed by atoms with Gasteiger partial charge >= 0.3 is 0 Å². The molecular weight excluding hydrogens is 330 g/mol. The van der Waals surface area contributed by atoms with Crippen molar-refractivity contribution in [2.45, 2.75) is 39.2 Å². The van der Waals surface area contributed by atoms with Gasteiger partial charge in [0, 0.05) is 39.3 Å². The van der Waals surface area contributed by atoms with Crippen molar-refractivity contribution in [2.24, 2.45) is 10.9 Å². The quantitative estimate of drug-likeness (QED) is 0.403. The lowest BCUT2D eigenvalue weighted by atomic mass is 10.1. The zero-order valence-electron chi connectivity index (χ0n) is 17.0. The van der Waals surface area contributed by atoms with Crippen molar-refractivity contribution in [3.8, 4) is 0 Å². The molecule has 0 saturated carbocycles. The van der Waals surface area contributed by atoms with Crippen LogP contribution in [0, 0.1) is 5.92 Å². The molecule has 0 bridgehead atoms. The van der Waals surface area contributed by atoms with Gasteiger partial charge in [-0.05, 0) is 45.7 Å². The first kappa shape index (κ1) is 21.4. The predicted molar refractivity (Wildman–Crippen MR) is 107 cm³/mol. The zero-order chi connectivity index (χ0) is 18.8. The van der Waals surface area contributed by atoms with E-state index in [1.807, 2.05) is 6.92 Å². The van der Waals surface area contributed by atoms with Gasteiger partial charge < -0.3 is 25.4 Å². The third-order valence-corrected chi connectivity index (χ3v) is 5.06. The van der Waals surface area contributed by atoms with E-state index in [0.29, 0.717) is 19.0 Å². The molecule has 7 nitrogen and oxygen atoms in total. The standard InChI is InChI=1S/C19H39N5O2/c1-4-7-23-8-6-17(14-23)13-21-18(20-5-2)22-15-19(3,25)16-24-9-11-26-12-10-24/h17,25H,4-16H2,1-3H3,(H2,20,21,22). The maximum absolute atomic E-state index is 10.7. The molecule has 0 aromatic heterocycles. The minimum Gasteiger partial charge on any atom is -0.387 e. The number of hydrogen-bond acceptors (Lipinski definition) is 5. The van der Waals surface area contributed by atoms with E-state index in [1.54, 1.807) is 0 Å². The fourth-order valence-electron chi connectivity index (χ4n) is 3.72. The molecule has 2 unspecified atom stereocenters. The maximum atomic E-state index is 10.7. The summed E-state index contributed by atoms with van der Waals surface area (Å²) in [6.45, 7) is 15.8. The largest absolute Gasteiger partial charge is 0.387 e. The van der Waals surface area contributed by atoms with Gasteiger partial charge in [0.25, 0.3) is 0 Å². The average Bonchev–Trinajstić information content (AvgIpc) is 3.06. The van der Waals surface area contributed by atoms with Crippen LogP contribution in [0.4, 0.5) is 0 Å². The average molecular weight is 370 g/mol. The highest BCUT2D eigenvalue weighted by Gasteiger charge is 2.26. The number of aliphatic imine (C=N–C) groups is 1. The summed E-state index contributed by atoms with van der Waals surface area (Å²) in [5.74, 6) is 1.49. The van der Waals surface area contributed by atoms with Crippen LogP contribution in [0.2, 0.25) is 0 Å². The Labute approximate surface area is 159 Å². The van der Waals surface area contributed by atoms with Gasteiger partial charge in [-0.15, -0.1) is 0 Å². The summed E-state index contributed by atoms with van der Waals surface area (Å²) in [6.07, 6.45) is 2.48. The van der Waals surface area contributed by atoms with Gasteiger partial charge in [0.2, 0.25) is 0 Å². The summed E-state index contributed by atoms with van der Waals surface area (Å²) < 4.78 is 5.37. The number of β-amino-alcohol motifs (C(OH)–C–C–N with tert-alkyl or cyclic N) is 1. The number of nitrogens with zero attached hydrogens (tertiary/aromatic N) is 3. The van der Waals surface area contributed by atoms with Gasteiger partial charge in [0.1, 0.15) is 0 Å². The summed E-state index contributed by atoms with van der Waals surface area (Å²) in [6, 6.07) is 0. The maximum Gasteiger partial charge on any atom is 0.191 e. The Morgan fingerprint density at radius 2 is 1.96 bits per heavy atom. The zero-order valence-corrected chi connectivity index (χ0v) is 17.0. The van der Waals surface area contributed by atoms with E-state index in [4.69, 9.17) is 4.74 Å². The minimum atomic E-state index is -0.828. The third kappa shape index (κ3) is 7.78. The molecule has 2 fully saturated rings. The lowest BCUT2D eigenvalue weighted by Crippen LogP contribution is -2.48. The van der Waals surface area contributed by atoms with Crippen LogP contribution in [0.1, 0.15) is 33.6 Å². The molecule has 2 aliphatic heterocycles. The Morgan fingerprint density at radius 3 is 2.65 bits per heavy atom. The van der Waals surface area contributed by atoms with E-state index in [0.717, 1.165) is 45.4 Å². The lowest BCUT2D eigenvalue weighted by molar-refractivity contribution is -0.0180. The van der Waals surface area contributed by atoms with Crippen LogP contribution in [0.25, 0.3) is 0 Å². The number of guanidine groups is 1. The van der Waals surface area contributed by atoms with Crippen LogP contribution >= 0.6 is 0 Å². The molecule has 0 aliphatic carbocycles. The minimum absolute atomic E-state index is 0.395. The SMILES string of the molecule is CCCN1CCC(CNC(=NCC(C)(O)CN2CCOCC2)NCC)C1. The Balaban J connectivity index is 1.77. The topological polar surface area (TPSA) is 72.4 Å². The molecule has 2 aliphatic rings. The van der Waals surface area contributed by atoms with Crippen molar-refractivity contribution < 1.29 is 9.84 Å². The molecule has 26 heavy (non-hydrogen) atoms. The van der Waals surface area contributed by atoms with E-state index in [-0.39, 0.29) is 0 Å². The first-order valence-electron chi connectivity index (χ1n) is 10.3. The van der Waals surface area contributed by atoms with Crippen molar-refractivity contribution in [1.29, 1.82) is 0 Å². The van der Waals surface area contributed by atoms with E-state index in [1.165, 1.54) is 32.5 Å². The van der Waals surface area contributed by atoms with Gasteiger partial charge in [-0.1, -0.05) is 6.92 Å². The Hall–Kier alpha value is -0.890. The van der Waals surface area contributed by atoms with Crippen LogP contribution in [-0.4, -0.2) is 98.6 Å². The van der Waals surface area contributed by atoms with Crippen molar-refractivity contribution in [3.05, 3.63) is 0 Å². The summed E-state index contributed by atoms with van der Waals surface area (Å²) in [4.78, 5) is 9.44. The molecule has 7 heteroatoms. The number of rotatable bonds is 9. The number of likely N-dealkylation sites (tertiary alicyclic amines) is 1. The Kier molecular flexibility index (Phi) is 9.11. The molecule has 152 valence electrons. The molecule has 0 aromatic carbocycles. The number of nitrogens with one attached hydrogen (secondary N) is 2. The summed E-state index contributed by atoms with van der Waals surface area (Å²) in [5, 5.41) is 17.5. The fraction of sp³-hybridized carbons (Fsp3) is 0.947. The van der Waals surface area contributed by atoms with Gasteiger partial charge in [-0.3, -0.25) is 9.89 Å². The van der Waals surface area contributed by atoms with Crippen LogP contribution in [0.3, 0.4) is 0 Å². The van der Waals surface area contributed by atoms with E-state index >= 15 is 0 Å². The molecule has 0 amide bonds. The fourth-order valence-corrected chi connectivity index (χ4v) is 3.72. The lowest BCUT2D eigenvalue weighted by Gasteiger charge is -2.33. The smallest absolute Gasteiger partial charge is 0.191 e. The summed E-state index contributed by atoms with van der Waals surface area (Å²) in [7, 11) is 0. The van der Waals surface area contributed by atoms with Crippen molar-refractivity contribution >= 4 is 5.96 Å². The van der Waals surface area contributed by atoms with Crippen molar-refractivity contribution in [1.82, 2.24) is 20.4 Å². The van der Waals surface area contributed by atoms with Gasteiger partial charge in [-0.25, -0.2) is 0 Å². The molecule has 2 heterocycles. The highest BCUT2D eigenvalue weighted by atomic mass is 16.5. The summed E-state index contributed by atoms with van der Waals surface area (Å²) in [5.41, 5.74) is -0.828. The number of ether oxygens (including phenoxy) is 1. The number of morpholine rings is 1. The number of aliphatic hydroxyl groups is 1. The monoisotopic (exact) mass is 369 g/mol. The highest BCUT2D eigenvalue weighted by molar-refractivity contribution is 5.79. The molecule has 2 rings (SSSR count). The second-order valence-electron chi connectivity index (χ2n) is 7.92. The normalized spacial score (nSPS) is 25.2. The second kappa shape index (κ2) is 11.1. The second-order valence-corrected chi connectivity index (χ2v) is 7.92. The molecule has 2 saturated heterocycles. The molecule has 0 aromatic rings. The molecule has 0 spiro atoms. The number of hydrogen-bond donors (Lipinski definition) is 3. The van der Waals surface area contributed by atoms with Crippen LogP contribution in [0.5, 0.6) is 0 Å². The molecule has 0 radical (unpaired) electrons. The van der Waals surface area contributed by atoms with Crippen LogP contribution in [-0.2, 0) is 4.74 Å². The Bertz CT molecular complexity index is 424. The third-order valence-electron chi connectivity index (χ3n) is 5.06. The van der Waals surface area contributed by atoms with Gasteiger partial charge in [0.15, 0.2) is 5.96 Å². The van der Waals surface area contributed by atoms with Crippen LogP contribution in [0.15, 0.2) is 4.99 Å². The molecular formula is C19H39N5O2. The van der Waals surface area contributed by atoms with Gasteiger partial charge in [0.05, 0.1) is 25.4 Å². The van der Waals surface area contributed by atoms with E-state index in [9.17, 15) is 5.11 Å². The van der Waals surface area contributed by atoms with E-state index in [2.05, 4.69) is 39.3 Å². The van der Waals surface area contributed by atoms with Crippen molar-refractivity contribution in [3.63, 3.8) is 0 Å². The first-order valence-corrected chi connectivity index (χ1v) is 10.3. The Morgan fingerprint density at radius 1 is 1.19 bits per heavy atom. The predicted octanol–water partition coefficient (Wildman–Crippen LogP) is 0.357. The summed E-state index contributed by atoms with van der Waals surface area (Å²) >= 11 is 0. The van der Waals surface area contributed by atoms with Crippen molar-refractivity contribution in [2.75, 3.05) is 72.1 Å². The first-order chi connectivity index (χ1) is 12.5. The van der Waals surface area contributed by atoms with E-state index < -0.39 is 5.60 Å². The van der Waals surface area contributed by atoms with Gasteiger partial charge in [-0.2, -0.15) is 0 Å².